The summed E-state index contributed by atoms with van der Waals surface area (Å²) in [5.41, 5.74) is 1.61. The third-order valence-corrected chi connectivity index (χ3v) is 4.49. The highest BCUT2D eigenvalue weighted by molar-refractivity contribution is 5.76. The van der Waals surface area contributed by atoms with Crippen LogP contribution >= 0.6 is 0 Å². The fourth-order valence-electron chi connectivity index (χ4n) is 2.97. The number of carbonyl (C=O) groups excluding carboxylic acids is 2. The van der Waals surface area contributed by atoms with Gasteiger partial charge in [-0.1, -0.05) is 0 Å². The third-order valence-electron chi connectivity index (χ3n) is 4.49. The summed E-state index contributed by atoms with van der Waals surface area (Å²) in [6.07, 6.45) is 2.96. The van der Waals surface area contributed by atoms with Crippen LogP contribution in [0.4, 0.5) is 5.69 Å². The highest BCUT2D eigenvalue weighted by Gasteiger charge is 2.15. The Morgan fingerprint density at radius 1 is 1.22 bits per heavy atom. The lowest BCUT2D eigenvalue weighted by Gasteiger charge is -2.26. The molecule has 1 heterocycles. The fraction of sp³-hybridized carbons (Fsp3) is 0.600. The lowest BCUT2D eigenvalue weighted by atomic mass is 10.1. The van der Waals surface area contributed by atoms with E-state index in [2.05, 4.69) is 5.32 Å². The van der Waals surface area contributed by atoms with Crippen molar-refractivity contribution in [2.24, 2.45) is 0 Å². The molecule has 1 fully saturated rings. The van der Waals surface area contributed by atoms with E-state index in [0.717, 1.165) is 30.6 Å². The smallest absolute Gasteiger partial charge is 0.306 e. The van der Waals surface area contributed by atoms with Gasteiger partial charge in [-0.25, -0.2) is 0 Å². The first kappa shape index (κ1) is 21.0. The quantitative estimate of drug-likeness (QED) is 0.369. The predicted molar refractivity (Wildman–Crippen MR) is 103 cm³/mol. The van der Waals surface area contributed by atoms with Crippen molar-refractivity contribution in [3.63, 3.8) is 0 Å². The minimum atomic E-state index is -0.264. The molecular weight excluding hydrogens is 348 g/mol. The van der Waals surface area contributed by atoms with Gasteiger partial charge in [0, 0.05) is 38.2 Å². The van der Waals surface area contributed by atoms with Gasteiger partial charge in [0.2, 0.25) is 5.91 Å². The third kappa shape index (κ3) is 7.46. The summed E-state index contributed by atoms with van der Waals surface area (Å²) in [5, 5.41) is 13.2. The Hall–Kier alpha value is -2.28. The number of phenols is 1. The van der Waals surface area contributed by atoms with Crippen molar-refractivity contribution in [1.29, 1.82) is 0 Å². The van der Waals surface area contributed by atoms with Crippen LogP contribution in [0.25, 0.3) is 0 Å². The Bertz CT molecular complexity index is 614. The van der Waals surface area contributed by atoms with Crippen molar-refractivity contribution in [1.82, 2.24) is 4.90 Å². The Labute approximate surface area is 160 Å². The van der Waals surface area contributed by atoms with Gasteiger partial charge in [0.15, 0.2) is 0 Å². The van der Waals surface area contributed by atoms with E-state index in [0.29, 0.717) is 45.8 Å². The molecule has 27 heavy (non-hydrogen) atoms. The first-order chi connectivity index (χ1) is 13.1. The van der Waals surface area contributed by atoms with Crippen LogP contribution in [0.1, 0.15) is 38.2 Å². The van der Waals surface area contributed by atoms with E-state index in [1.807, 2.05) is 17.0 Å². The Balaban J connectivity index is 1.68. The fourth-order valence-corrected chi connectivity index (χ4v) is 2.97. The summed E-state index contributed by atoms with van der Waals surface area (Å²) >= 11 is 0. The van der Waals surface area contributed by atoms with Crippen LogP contribution in [-0.2, 0) is 25.5 Å². The Morgan fingerprint density at radius 2 is 2.00 bits per heavy atom. The van der Waals surface area contributed by atoms with E-state index in [1.54, 1.807) is 13.0 Å². The van der Waals surface area contributed by atoms with Gasteiger partial charge in [-0.15, -0.1) is 0 Å². The Kier molecular flexibility index (Phi) is 8.91. The number of unbranched alkanes of at least 4 members (excludes halogenated alkanes) is 1. The molecule has 0 aliphatic carbocycles. The zero-order valence-corrected chi connectivity index (χ0v) is 16.0. The molecule has 1 saturated heterocycles. The van der Waals surface area contributed by atoms with Gasteiger partial charge in [-0.05, 0) is 49.9 Å². The second kappa shape index (κ2) is 11.4. The number of anilines is 1. The molecule has 0 radical (unpaired) electrons. The first-order valence-electron chi connectivity index (χ1n) is 9.67. The molecule has 2 N–H and O–H groups in total. The van der Waals surface area contributed by atoms with Crippen molar-refractivity contribution >= 4 is 17.6 Å². The number of benzene rings is 1. The highest BCUT2D eigenvalue weighted by atomic mass is 16.5. The maximum atomic E-state index is 12.1. The van der Waals surface area contributed by atoms with E-state index < -0.39 is 0 Å². The van der Waals surface area contributed by atoms with E-state index in [-0.39, 0.29) is 24.0 Å². The topological polar surface area (TPSA) is 88.1 Å². The number of morpholine rings is 1. The number of carbonyl (C=O) groups is 2. The monoisotopic (exact) mass is 378 g/mol. The van der Waals surface area contributed by atoms with E-state index in [4.69, 9.17) is 9.47 Å². The number of hydrogen-bond donors (Lipinski definition) is 2. The number of amides is 1. The van der Waals surface area contributed by atoms with Gasteiger partial charge in [0.25, 0.3) is 0 Å². The van der Waals surface area contributed by atoms with Crippen molar-refractivity contribution < 1.29 is 24.2 Å². The first-order valence-corrected chi connectivity index (χ1v) is 9.67. The summed E-state index contributed by atoms with van der Waals surface area (Å²) in [6, 6.07) is 5.29. The van der Waals surface area contributed by atoms with Gasteiger partial charge in [0.1, 0.15) is 5.75 Å². The number of nitrogens with zero attached hydrogens (tertiary/aromatic N) is 1. The summed E-state index contributed by atoms with van der Waals surface area (Å²) in [7, 11) is 0. The van der Waals surface area contributed by atoms with Crippen molar-refractivity contribution in [2.75, 3.05) is 44.8 Å². The highest BCUT2D eigenvalue weighted by Crippen LogP contribution is 2.23. The van der Waals surface area contributed by atoms with Gasteiger partial charge in [-0.3, -0.25) is 9.59 Å². The molecule has 1 amide bonds. The summed E-state index contributed by atoms with van der Waals surface area (Å²) in [5.74, 6) is 0.116. The molecule has 7 nitrogen and oxygen atoms in total. The van der Waals surface area contributed by atoms with Crippen LogP contribution in [0.5, 0.6) is 5.75 Å². The van der Waals surface area contributed by atoms with Crippen molar-refractivity contribution in [3.8, 4) is 5.75 Å². The predicted octanol–water partition coefficient (Wildman–Crippen LogP) is 2.33. The molecule has 0 unspecified atom stereocenters. The Morgan fingerprint density at radius 3 is 2.74 bits per heavy atom. The van der Waals surface area contributed by atoms with Crippen LogP contribution in [-0.4, -0.2) is 61.3 Å². The molecule has 1 aromatic rings. The maximum Gasteiger partial charge on any atom is 0.306 e. The van der Waals surface area contributed by atoms with Crippen LogP contribution in [0.2, 0.25) is 0 Å². The van der Waals surface area contributed by atoms with Crippen LogP contribution in [0.15, 0.2) is 18.2 Å². The molecule has 0 aromatic heterocycles. The zero-order chi connectivity index (χ0) is 19.5. The average molecular weight is 378 g/mol. The second-order valence-corrected chi connectivity index (χ2v) is 6.53. The van der Waals surface area contributed by atoms with Gasteiger partial charge in [0.05, 0.1) is 19.8 Å². The van der Waals surface area contributed by atoms with Gasteiger partial charge < -0.3 is 24.8 Å². The van der Waals surface area contributed by atoms with Crippen molar-refractivity contribution in [2.45, 2.75) is 39.0 Å². The molecule has 150 valence electrons. The van der Waals surface area contributed by atoms with E-state index in [1.165, 1.54) is 0 Å². The molecule has 0 spiro atoms. The molecule has 1 aliphatic heterocycles. The molecule has 0 saturated carbocycles. The number of ether oxygens (including phenoxy) is 2. The van der Waals surface area contributed by atoms with Crippen LogP contribution in [0.3, 0.4) is 0 Å². The van der Waals surface area contributed by atoms with E-state index >= 15 is 0 Å². The molecule has 2 rings (SSSR count). The standard InChI is InChI=1S/C20H30N2O5/c1-2-27-20(25)9-6-16-15-17(7-8-18(16)23)21-10-4-3-5-19(24)22-11-13-26-14-12-22/h7-8,15,21,23H,2-6,9-14H2,1H3. The van der Waals surface area contributed by atoms with Gasteiger partial charge in [-0.2, -0.15) is 0 Å². The normalized spacial score (nSPS) is 14.0. The molecular formula is C20H30N2O5. The molecule has 0 atom stereocenters. The number of nitrogens with one attached hydrogen (secondary N) is 1. The average Bonchev–Trinajstić information content (AvgIpc) is 2.68. The largest absolute Gasteiger partial charge is 0.508 e. The van der Waals surface area contributed by atoms with Gasteiger partial charge >= 0.3 is 5.97 Å². The SMILES string of the molecule is CCOC(=O)CCc1cc(NCCCCC(=O)N2CCOCC2)ccc1O. The summed E-state index contributed by atoms with van der Waals surface area (Å²) in [6.45, 7) is 5.53. The summed E-state index contributed by atoms with van der Waals surface area (Å²) < 4.78 is 10.2. The molecule has 7 heteroatoms. The van der Waals surface area contributed by atoms with Crippen LogP contribution in [0, 0.1) is 0 Å². The minimum absolute atomic E-state index is 0.181. The number of esters is 1. The minimum Gasteiger partial charge on any atom is -0.508 e. The molecule has 0 bridgehead atoms. The van der Waals surface area contributed by atoms with E-state index in [9.17, 15) is 14.7 Å². The van der Waals surface area contributed by atoms with Crippen molar-refractivity contribution in [3.05, 3.63) is 23.8 Å². The molecule has 1 aromatic carbocycles. The zero-order valence-electron chi connectivity index (χ0n) is 16.0. The lowest BCUT2D eigenvalue weighted by Crippen LogP contribution is -2.40. The lowest BCUT2D eigenvalue weighted by molar-refractivity contribution is -0.143. The number of phenolic OH excluding ortho intramolecular Hbond substituents is 1. The number of rotatable bonds is 10. The maximum absolute atomic E-state index is 12.1. The number of aromatic hydroxyl groups is 1. The van der Waals surface area contributed by atoms with Crippen LogP contribution < -0.4 is 5.32 Å². The number of aryl methyl sites for hydroxylation is 1. The second-order valence-electron chi connectivity index (χ2n) is 6.53. The molecule has 1 aliphatic rings. The summed E-state index contributed by atoms with van der Waals surface area (Å²) in [4.78, 5) is 25.4. The number of hydrogen-bond acceptors (Lipinski definition) is 6.